The SMILES string of the molecule is c1cnc2c(c1)nnn2-c1ccc(-c2ncn[nH]2)cc1. The molecule has 7 nitrogen and oxygen atoms in total. The van der Waals surface area contributed by atoms with Gasteiger partial charge < -0.3 is 0 Å². The number of aromatic amines is 1. The number of hydrogen-bond donors (Lipinski definition) is 1. The summed E-state index contributed by atoms with van der Waals surface area (Å²) in [6, 6.07) is 11.5. The lowest BCUT2D eigenvalue weighted by molar-refractivity contribution is 0.817. The van der Waals surface area contributed by atoms with E-state index in [0.717, 1.165) is 28.2 Å². The molecule has 0 aliphatic heterocycles. The molecule has 0 saturated heterocycles. The Bertz CT molecular complexity index is 846. The molecule has 0 unspecified atom stereocenters. The van der Waals surface area contributed by atoms with Crippen molar-refractivity contribution in [1.29, 1.82) is 0 Å². The molecule has 0 fully saturated rings. The third-order valence-corrected chi connectivity index (χ3v) is 3.01. The molecule has 0 amide bonds. The molecule has 1 N–H and O–H groups in total. The molecule has 0 atom stereocenters. The van der Waals surface area contributed by atoms with Crippen LogP contribution in [0.5, 0.6) is 0 Å². The molecule has 4 aromatic rings. The molecule has 0 aliphatic rings. The molecular formula is C13H9N7. The van der Waals surface area contributed by atoms with E-state index in [1.807, 2.05) is 36.4 Å². The number of pyridine rings is 1. The summed E-state index contributed by atoms with van der Waals surface area (Å²) in [5.41, 5.74) is 3.37. The summed E-state index contributed by atoms with van der Waals surface area (Å²) >= 11 is 0. The first-order valence-corrected chi connectivity index (χ1v) is 6.04. The van der Waals surface area contributed by atoms with Gasteiger partial charge in [-0.05, 0) is 36.4 Å². The summed E-state index contributed by atoms with van der Waals surface area (Å²) in [4.78, 5) is 8.41. The summed E-state index contributed by atoms with van der Waals surface area (Å²) in [5.74, 6) is 0.734. The molecule has 7 heteroatoms. The van der Waals surface area contributed by atoms with Crippen LogP contribution in [0.4, 0.5) is 0 Å². The third kappa shape index (κ3) is 1.64. The van der Waals surface area contributed by atoms with Crippen molar-refractivity contribution in [1.82, 2.24) is 35.2 Å². The van der Waals surface area contributed by atoms with Crippen molar-refractivity contribution in [2.24, 2.45) is 0 Å². The Morgan fingerprint density at radius 1 is 1.00 bits per heavy atom. The molecule has 0 bridgehead atoms. The quantitative estimate of drug-likeness (QED) is 0.593. The van der Waals surface area contributed by atoms with Gasteiger partial charge in [0.05, 0.1) is 5.69 Å². The van der Waals surface area contributed by atoms with Gasteiger partial charge in [0.2, 0.25) is 0 Å². The maximum absolute atomic E-state index is 4.30. The fourth-order valence-electron chi connectivity index (χ4n) is 2.04. The minimum absolute atomic E-state index is 0.734. The van der Waals surface area contributed by atoms with Gasteiger partial charge in [-0.15, -0.1) is 5.10 Å². The maximum atomic E-state index is 4.30. The highest BCUT2D eigenvalue weighted by Gasteiger charge is 2.07. The largest absolute Gasteiger partial charge is 0.259 e. The third-order valence-electron chi connectivity index (χ3n) is 3.01. The Balaban J connectivity index is 1.79. The normalized spacial score (nSPS) is 11.0. The van der Waals surface area contributed by atoms with Crippen LogP contribution < -0.4 is 0 Å². The van der Waals surface area contributed by atoms with Gasteiger partial charge in [-0.2, -0.15) is 9.78 Å². The first-order chi connectivity index (χ1) is 9.92. The van der Waals surface area contributed by atoms with E-state index in [4.69, 9.17) is 0 Å². The standard InChI is InChI=1S/C13H9N7/c1-2-11-13(14-7-1)20(19-17-11)10-5-3-9(4-6-10)12-15-8-16-18-12/h1-8H,(H,15,16,18). The second-order valence-corrected chi connectivity index (χ2v) is 4.23. The average Bonchev–Trinajstić information content (AvgIpc) is 3.17. The average molecular weight is 263 g/mol. The fourth-order valence-corrected chi connectivity index (χ4v) is 2.04. The van der Waals surface area contributed by atoms with E-state index in [1.54, 1.807) is 10.9 Å². The summed E-state index contributed by atoms with van der Waals surface area (Å²) in [6.45, 7) is 0. The van der Waals surface area contributed by atoms with Crippen LogP contribution in [0.3, 0.4) is 0 Å². The van der Waals surface area contributed by atoms with Crippen molar-refractivity contribution >= 4 is 11.2 Å². The maximum Gasteiger partial charge on any atom is 0.183 e. The Hall–Kier alpha value is -3.09. The van der Waals surface area contributed by atoms with Crippen LogP contribution in [0.25, 0.3) is 28.2 Å². The fraction of sp³-hybridized carbons (Fsp3) is 0. The van der Waals surface area contributed by atoms with Crippen LogP contribution in [0, 0.1) is 0 Å². The predicted octanol–water partition coefficient (Wildman–Crippen LogP) is 1.60. The second kappa shape index (κ2) is 4.23. The molecule has 20 heavy (non-hydrogen) atoms. The van der Waals surface area contributed by atoms with Gasteiger partial charge in [-0.1, -0.05) is 5.21 Å². The molecule has 0 saturated carbocycles. The highest BCUT2D eigenvalue weighted by Crippen LogP contribution is 2.18. The zero-order valence-electron chi connectivity index (χ0n) is 10.3. The summed E-state index contributed by atoms with van der Waals surface area (Å²) in [7, 11) is 0. The summed E-state index contributed by atoms with van der Waals surface area (Å²) < 4.78 is 1.71. The first-order valence-electron chi connectivity index (χ1n) is 6.04. The number of rotatable bonds is 2. The topological polar surface area (TPSA) is 85.2 Å². The van der Waals surface area contributed by atoms with Gasteiger partial charge in [0.1, 0.15) is 11.8 Å². The predicted molar refractivity (Wildman–Crippen MR) is 72.0 cm³/mol. The van der Waals surface area contributed by atoms with Gasteiger partial charge in [0, 0.05) is 11.8 Å². The first kappa shape index (κ1) is 10.8. The van der Waals surface area contributed by atoms with Gasteiger partial charge in [-0.3, -0.25) is 5.10 Å². The molecule has 3 heterocycles. The van der Waals surface area contributed by atoms with Crippen molar-refractivity contribution in [2.45, 2.75) is 0 Å². The lowest BCUT2D eigenvalue weighted by Gasteiger charge is -2.02. The number of nitrogens with zero attached hydrogens (tertiary/aromatic N) is 6. The summed E-state index contributed by atoms with van der Waals surface area (Å²) in [6.07, 6.45) is 3.21. The van der Waals surface area contributed by atoms with Crippen LogP contribution in [0.15, 0.2) is 48.9 Å². The van der Waals surface area contributed by atoms with Crippen molar-refractivity contribution < 1.29 is 0 Å². The lowest BCUT2D eigenvalue weighted by Crippen LogP contribution is -1.97. The van der Waals surface area contributed by atoms with Crippen LogP contribution in [-0.2, 0) is 0 Å². The molecule has 96 valence electrons. The van der Waals surface area contributed by atoms with Gasteiger partial charge in [0.25, 0.3) is 0 Å². The minimum Gasteiger partial charge on any atom is -0.259 e. The number of benzene rings is 1. The van der Waals surface area contributed by atoms with E-state index in [2.05, 4.69) is 30.5 Å². The van der Waals surface area contributed by atoms with Gasteiger partial charge in [0.15, 0.2) is 11.5 Å². The van der Waals surface area contributed by atoms with E-state index in [0.29, 0.717) is 0 Å². The molecule has 0 spiro atoms. The van der Waals surface area contributed by atoms with E-state index in [1.165, 1.54) is 6.33 Å². The Morgan fingerprint density at radius 3 is 2.70 bits per heavy atom. The Labute approximate surface area is 113 Å². The van der Waals surface area contributed by atoms with Crippen molar-refractivity contribution in [3.8, 4) is 17.1 Å². The van der Waals surface area contributed by atoms with Crippen LogP contribution in [0.1, 0.15) is 0 Å². The number of fused-ring (bicyclic) bond motifs is 1. The lowest BCUT2D eigenvalue weighted by atomic mass is 10.2. The van der Waals surface area contributed by atoms with E-state index in [-0.39, 0.29) is 0 Å². The zero-order chi connectivity index (χ0) is 13.4. The van der Waals surface area contributed by atoms with E-state index in [9.17, 15) is 0 Å². The number of H-pyrrole nitrogens is 1. The Morgan fingerprint density at radius 2 is 1.90 bits per heavy atom. The van der Waals surface area contributed by atoms with Crippen LogP contribution >= 0.6 is 0 Å². The number of hydrogen-bond acceptors (Lipinski definition) is 5. The minimum atomic E-state index is 0.734. The van der Waals surface area contributed by atoms with Crippen LogP contribution in [-0.4, -0.2) is 35.2 Å². The molecule has 0 radical (unpaired) electrons. The van der Waals surface area contributed by atoms with E-state index < -0.39 is 0 Å². The number of aromatic nitrogens is 7. The van der Waals surface area contributed by atoms with Crippen LogP contribution in [0.2, 0.25) is 0 Å². The molecule has 0 aliphatic carbocycles. The molecule has 4 rings (SSSR count). The molecule has 3 aromatic heterocycles. The van der Waals surface area contributed by atoms with Gasteiger partial charge in [-0.25, -0.2) is 9.97 Å². The number of nitrogens with one attached hydrogen (secondary N) is 1. The van der Waals surface area contributed by atoms with E-state index >= 15 is 0 Å². The van der Waals surface area contributed by atoms with Crippen molar-refractivity contribution in [2.75, 3.05) is 0 Å². The highest BCUT2D eigenvalue weighted by molar-refractivity contribution is 5.71. The smallest absolute Gasteiger partial charge is 0.183 e. The van der Waals surface area contributed by atoms with Crippen molar-refractivity contribution in [3.05, 3.63) is 48.9 Å². The zero-order valence-corrected chi connectivity index (χ0v) is 10.3. The molecule has 1 aromatic carbocycles. The monoisotopic (exact) mass is 263 g/mol. The summed E-state index contributed by atoms with van der Waals surface area (Å²) in [5, 5.41) is 14.9. The Kier molecular flexibility index (Phi) is 2.28. The van der Waals surface area contributed by atoms with Gasteiger partial charge >= 0.3 is 0 Å². The highest BCUT2D eigenvalue weighted by atomic mass is 15.4. The molecular weight excluding hydrogens is 254 g/mol. The van der Waals surface area contributed by atoms with Crippen molar-refractivity contribution in [3.63, 3.8) is 0 Å². The second-order valence-electron chi connectivity index (χ2n) is 4.23.